The minimum Gasteiger partial charge on any atom is -0.278 e. The molecule has 1 saturated heterocycles. The summed E-state index contributed by atoms with van der Waals surface area (Å²) in [6, 6.07) is 0.232. The molecule has 2 amide bonds. The van der Waals surface area contributed by atoms with Gasteiger partial charge in [0, 0.05) is 5.41 Å². The van der Waals surface area contributed by atoms with Gasteiger partial charge in [-0.15, -0.1) is 0 Å². The second-order valence-electron chi connectivity index (χ2n) is 5.36. The standard InChI is InChI=1S/C12H19NO2/c1-4-12(2,3)11(15)13-9-7-5-6-8(9)10(13)14/h8-9H,4-7H2,1-3H3. The highest BCUT2D eigenvalue weighted by molar-refractivity contribution is 6.04. The van der Waals surface area contributed by atoms with Crippen LogP contribution in [0.5, 0.6) is 0 Å². The Bertz CT molecular complexity index is 309. The van der Waals surface area contributed by atoms with Gasteiger partial charge in [-0.3, -0.25) is 14.5 Å². The SMILES string of the molecule is CCC(C)(C)C(=O)N1C(=O)C2CCCC21. The average molecular weight is 209 g/mol. The molecule has 2 fully saturated rings. The largest absolute Gasteiger partial charge is 0.278 e. The Morgan fingerprint density at radius 1 is 1.47 bits per heavy atom. The summed E-state index contributed by atoms with van der Waals surface area (Å²) in [5.74, 6) is 0.267. The number of nitrogens with zero attached hydrogens (tertiary/aromatic N) is 1. The van der Waals surface area contributed by atoms with E-state index in [1.807, 2.05) is 20.8 Å². The molecule has 1 saturated carbocycles. The van der Waals surface area contributed by atoms with Crippen molar-refractivity contribution in [3.8, 4) is 0 Å². The number of β-lactam (4-membered cyclic amide) rings is 1. The van der Waals surface area contributed by atoms with E-state index in [-0.39, 0.29) is 29.2 Å². The first-order chi connectivity index (χ1) is 6.99. The van der Waals surface area contributed by atoms with Gasteiger partial charge in [-0.1, -0.05) is 27.2 Å². The van der Waals surface area contributed by atoms with E-state index < -0.39 is 0 Å². The van der Waals surface area contributed by atoms with Crippen LogP contribution in [-0.4, -0.2) is 22.8 Å². The summed E-state index contributed by atoms with van der Waals surface area (Å²) in [4.78, 5) is 25.4. The zero-order valence-corrected chi connectivity index (χ0v) is 9.75. The Morgan fingerprint density at radius 2 is 2.13 bits per heavy atom. The molecule has 0 aromatic heterocycles. The normalized spacial score (nSPS) is 30.1. The van der Waals surface area contributed by atoms with E-state index in [1.54, 1.807) is 0 Å². The number of amides is 2. The molecule has 15 heavy (non-hydrogen) atoms. The maximum atomic E-state index is 12.1. The Hall–Kier alpha value is -0.860. The van der Waals surface area contributed by atoms with Gasteiger partial charge in [0.1, 0.15) is 0 Å². The van der Waals surface area contributed by atoms with Gasteiger partial charge in [0.2, 0.25) is 11.8 Å². The monoisotopic (exact) mass is 209 g/mol. The van der Waals surface area contributed by atoms with Gasteiger partial charge in [-0.25, -0.2) is 0 Å². The van der Waals surface area contributed by atoms with Crippen molar-refractivity contribution < 1.29 is 9.59 Å². The first-order valence-electron chi connectivity index (χ1n) is 5.86. The third kappa shape index (κ3) is 1.40. The van der Waals surface area contributed by atoms with Crippen LogP contribution in [0.15, 0.2) is 0 Å². The highest BCUT2D eigenvalue weighted by Gasteiger charge is 2.54. The molecular formula is C12H19NO2. The predicted molar refractivity (Wildman–Crippen MR) is 57.1 cm³/mol. The molecule has 1 aliphatic carbocycles. The second kappa shape index (κ2) is 3.32. The van der Waals surface area contributed by atoms with Crippen LogP contribution in [0.3, 0.4) is 0 Å². The Balaban J connectivity index is 2.12. The molecule has 3 nitrogen and oxygen atoms in total. The van der Waals surface area contributed by atoms with Crippen molar-refractivity contribution in [3.05, 3.63) is 0 Å². The van der Waals surface area contributed by atoms with Crippen LogP contribution >= 0.6 is 0 Å². The minimum atomic E-state index is -0.386. The number of hydrogen-bond acceptors (Lipinski definition) is 2. The number of rotatable bonds is 2. The van der Waals surface area contributed by atoms with Gasteiger partial charge in [0.05, 0.1) is 12.0 Å². The molecule has 3 heteroatoms. The van der Waals surface area contributed by atoms with E-state index in [4.69, 9.17) is 0 Å². The molecule has 0 radical (unpaired) electrons. The first kappa shape index (κ1) is 10.7. The maximum Gasteiger partial charge on any atom is 0.235 e. The number of fused-ring (bicyclic) bond motifs is 1. The van der Waals surface area contributed by atoms with Crippen LogP contribution in [0.1, 0.15) is 46.5 Å². The topological polar surface area (TPSA) is 37.4 Å². The lowest BCUT2D eigenvalue weighted by molar-refractivity contribution is -0.169. The Labute approximate surface area is 90.8 Å². The quantitative estimate of drug-likeness (QED) is 0.652. The number of carbonyl (C=O) groups excluding carboxylic acids is 2. The summed E-state index contributed by atoms with van der Waals surface area (Å²) in [7, 11) is 0. The zero-order chi connectivity index (χ0) is 11.2. The molecule has 1 heterocycles. The van der Waals surface area contributed by atoms with Crippen LogP contribution in [0.2, 0.25) is 0 Å². The second-order valence-corrected chi connectivity index (χ2v) is 5.36. The fourth-order valence-corrected chi connectivity index (χ4v) is 2.53. The van der Waals surface area contributed by atoms with Crippen molar-refractivity contribution in [3.63, 3.8) is 0 Å². The molecular weight excluding hydrogens is 190 g/mol. The van der Waals surface area contributed by atoms with Gasteiger partial charge in [-0.2, -0.15) is 0 Å². The van der Waals surface area contributed by atoms with Crippen LogP contribution in [0.4, 0.5) is 0 Å². The van der Waals surface area contributed by atoms with Gasteiger partial charge in [0.25, 0.3) is 0 Å². The number of likely N-dealkylation sites (tertiary alicyclic amines) is 1. The van der Waals surface area contributed by atoms with E-state index in [0.29, 0.717) is 0 Å². The van der Waals surface area contributed by atoms with Crippen LogP contribution in [-0.2, 0) is 9.59 Å². The lowest BCUT2D eigenvalue weighted by Crippen LogP contribution is -2.63. The van der Waals surface area contributed by atoms with Crippen molar-refractivity contribution >= 4 is 11.8 Å². The molecule has 0 bridgehead atoms. The summed E-state index contributed by atoms with van der Waals surface area (Å²) in [5, 5.41) is 0. The fraction of sp³-hybridized carbons (Fsp3) is 0.833. The molecule has 0 N–H and O–H groups in total. The molecule has 2 aliphatic rings. The summed E-state index contributed by atoms with van der Waals surface area (Å²) >= 11 is 0. The summed E-state index contributed by atoms with van der Waals surface area (Å²) < 4.78 is 0. The van der Waals surface area contributed by atoms with E-state index in [9.17, 15) is 9.59 Å². The predicted octanol–water partition coefficient (Wildman–Crippen LogP) is 1.96. The molecule has 2 atom stereocenters. The molecule has 0 spiro atoms. The summed E-state index contributed by atoms with van der Waals surface area (Å²) in [5.41, 5.74) is -0.386. The molecule has 2 rings (SSSR count). The van der Waals surface area contributed by atoms with Gasteiger partial charge < -0.3 is 0 Å². The number of carbonyl (C=O) groups is 2. The van der Waals surface area contributed by atoms with Crippen molar-refractivity contribution in [2.45, 2.75) is 52.5 Å². The third-order valence-electron chi connectivity index (χ3n) is 4.05. The van der Waals surface area contributed by atoms with Gasteiger partial charge in [0.15, 0.2) is 0 Å². The van der Waals surface area contributed by atoms with E-state index in [1.165, 1.54) is 4.90 Å². The lowest BCUT2D eigenvalue weighted by atomic mass is 9.82. The molecule has 0 aromatic rings. The molecule has 84 valence electrons. The Kier molecular flexibility index (Phi) is 2.36. The molecule has 0 aromatic carbocycles. The van der Waals surface area contributed by atoms with E-state index >= 15 is 0 Å². The first-order valence-corrected chi connectivity index (χ1v) is 5.86. The number of imide groups is 1. The van der Waals surface area contributed by atoms with Crippen LogP contribution in [0.25, 0.3) is 0 Å². The van der Waals surface area contributed by atoms with Crippen LogP contribution < -0.4 is 0 Å². The van der Waals surface area contributed by atoms with Crippen molar-refractivity contribution in [2.24, 2.45) is 11.3 Å². The molecule has 2 unspecified atom stereocenters. The van der Waals surface area contributed by atoms with E-state index in [2.05, 4.69) is 0 Å². The smallest absolute Gasteiger partial charge is 0.235 e. The fourth-order valence-electron chi connectivity index (χ4n) is 2.53. The maximum absolute atomic E-state index is 12.1. The Morgan fingerprint density at radius 3 is 2.73 bits per heavy atom. The molecule has 1 aliphatic heterocycles. The summed E-state index contributed by atoms with van der Waals surface area (Å²) in [6.07, 6.45) is 3.88. The summed E-state index contributed by atoms with van der Waals surface area (Å²) in [6.45, 7) is 5.84. The van der Waals surface area contributed by atoms with Gasteiger partial charge in [-0.05, 0) is 19.3 Å². The number of hydrogen-bond donors (Lipinski definition) is 0. The third-order valence-corrected chi connectivity index (χ3v) is 4.05. The zero-order valence-electron chi connectivity index (χ0n) is 9.75. The average Bonchev–Trinajstić information content (AvgIpc) is 2.61. The van der Waals surface area contributed by atoms with Crippen LogP contribution in [0, 0.1) is 11.3 Å². The van der Waals surface area contributed by atoms with E-state index in [0.717, 1.165) is 25.7 Å². The highest BCUT2D eigenvalue weighted by atomic mass is 16.2. The van der Waals surface area contributed by atoms with Crippen molar-refractivity contribution in [2.75, 3.05) is 0 Å². The highest BCUT2D eigenvalue weighted by Crippen LogP contribution is 2.42. The van der Waals surface area contributed by atoms with Gasteiger partial charge >= 0.3 is 0 Å². The van der Waals surface area contributed by atoms with Crippen molar-refractivity contribution in [1.82, 2.24) is 4.90 Å². The lowest BCUT2D eigenvalue weighted by Gasteiger charge is -2.45. The minimum absolute atomic E-state index is 0.0261. The van der Waals surface area contributed by atoms with Crippen molar-refractivity contribution in [1.29, 1.82) is 0 Å².